The molecule has 1 fully saturated rings. The molecule has 1 aromatic heterocycles. The van der Waals surface area contributed by atoms with Gasteiger partial charge in [-0.2, -0.15) is 0 Å². The summed E-state index contributed by atoms with van der Waals surface area (Å²) in [6.07, 6.45) is 3.90. The van der Waals surface area contributed by atoms with E-state index in [1.165, 1.54) is 18.4 Å². The van der Waals surface area contributed by atoms with Gasteiger partial charge < -0.3 is 15.1 Å². The van der Waals surface area contributed by atoms with Crippen molar-refractivity contribution in [2.75, 3.05) is 13.1 Å². The summed E-state index contributed by atoms with van der Waals surface area (Å²) in [6.45, 7) is 1.66. The minimum Gasteiger partial charge on any atom is -0.444 e. The van der Waals surface area contributed by atoms with Gasteiger partial charge in [0.05, 0.1) is 12.1 Å². The molecule has 2 N–H and O–H groups in total. The van der Waals surface area contributed by atoms with Crippen molar-refractivity contribution >= 4 is 5.91 Å². The van der Waals surface area contributed by atoms with Crippen LogP contribution < -0.4 is 10.6 Å². The third kappa shape index (κ3) is 3.71. The molecular weight excluding hydrogens is 285 g/mol. The number of amides is 1. The molecule has 2 aromatic rings. The molecule has 1 atom stereocenters. The molecule has 1 unspecified atom stereocenters. The van der Waals surface area contributed by atoms with Crippen LogP contribution in [0.3, 0.4) is 0 Å². The van der Waals surface area contributed by atoms with Gasteiger partial charge in [-0.1, -0.05) is 0 Å². The average Bonchev–Trinajstić information content (AvgIpc) is 3.17. The van der Waals surface area contributed by atoms with Gasteiger partial charge in [-0.25, -0.2) is 9.37 Å². The van der Waals surface area contributed by atoms with Crippen molar-refractivity contribution in [3.63, 3.8) is 0 Å². The van der Waals surface area contributed by atoms with Crippen molar-refractivity contribution in [2.45, 2.75) is 25.3 Å². The lowest BCUT2D eigenvalue weighted by atomic mass is 10.2. The molecule has 6 heteroatoms. The van der Waals surface area contributed by atoms with Crippen LogP contribution in [0.5, 0.6) is 0 Å². The van der Waals surface area contributed by atoms with Gasteiger partial charge in [-0.3, -0.25) is 4.79 Å². The topological polar surface area (TPSA) is 67.2 Å². The number of oxazole rings is 1. The first-order valence-corrected chi connectivity index (χ1v) is 7.41. The Morgan fingerprint density at radius 3 is 2.95 bits per heavy atom. The zero-order chi connectivity index (χ0) is 15.4. The van der Waals surface area contributed by atoms with E-state index >= 15 is 0 Å². The largest absolute Gasteiger partial charge is 0.444 e. The Bertz CT molecular complexity index is 633. The van der Waals surface area contributed by atoms with Crippen LogP contribution in [0.4, 0.5) is 4.39 Å². The lowest BCUT2D eigenvalue weighted by Crippen LogP contribution is -2.37. The molecule has 0 radical (unpaired) electrons. The van der Waals surface area contributed by atoms with Crippen molar-refractivity contribution < 1.29 is 13.6 Å². The van der Waals surface area contributed by atoms with E-state index in [9.17, 15) is 9.18 Å². The quantitative estimate of drug-likeness (QED) is 0.885. The van der Waals surface area contributed by atoms with Gasteiger partial charge in [0.1, 0.15) is 12.1 Å². The second-order valence-corrected chi connectivity index (χ2v) is 5.43. The second-order valence-electron chi connectivity index (χ2n) is 5.43. The molecule has 2 heterocycles. The lowest BCUT2D eigenvalue weighted by Gasteiger charge is -2.10. The van der Waals surface area contributed by atoms with Gasteiger partial charge in [0, 0.05) is 18.2 Å². The van der Waals surface area contributed by atoms with Crippen LogP contribution in [0.15, 0.2) is 34.9 Å². The van der Waals surface area contributed by atoms with E-state index in [1.807, 2.05) is 0 Å². The van der Waals surface area contributed by atoms with Crippen molar-refractivity contribution in [1.29, 1.82) is 0 Å². The molecule has 0 aliphatic carbocycles. The fraction of sp³-hybridized carbons (Fsp3) is 0.375. The van der Waals surface area contributed by atoms with Crippen LogP contribution in [0, 0.1) is 5.82 Å². The SMILES string of the molecule is O=C(Cc1coc(-c2ccc(F)cc2)n1)NCC1CCCN1. The second kappa shape index (κ2) is 6.70. The molecule has 0 saturated carbocycles. The maximum absolute atomic E-state index is 12.9. The van der Waals surface area contributed by atoms with E-state index in [2.05, 4.69) is 15.6 Å². The first kappa shape index (κ1) is 14.7. The van der Waals surface area contributed by atoms with Crippen LogP contribution in [0.2, 0.25) is 0 Å². The predicted molar refractivity (Wildman–Crippen MR) is 79.6 cm³/mol. The van der Waals surface area contributed by atoms with Gasteiger partial charge in [-0.15, -0.1) is 0 Å². The Hall–Kier alpha value is -2.21. The summed E-state index contributed by atoms with van der Waals surface area (Å²) >= 11 is 0. The Labute approximate surface area is 127 Å². The Balaban J connectivity index is 1.54. The minimum atomic E-state index is -0.310. The van der Waals surface area contributed by atoms with E-state index in [-0.39, 0.29) is 18.1 Å². The molecule has 5 nitrogen and oxygen atoms in total. The molecule has 1 amide bonds. The predicted octanol–water partition coefficient (Wildman–Crippen LogP) is 1.89. The standard InChI is InChI=1S/C16H18FN3O2/c17-12-5-3-11(4-6-12)16-20-14(10-22-16)8-15(21)19-9-13-2-1-7-18-13/h3-6,10,13,18H,1-2,7-9H2,(H,19,21). The third-order valence-electron chi connectivity index (χ3n) is 3.69. The number of benzene rings is 1. The van der Waals surface area contributed by atoms with Crippen molar-refractivity contribution in [3.05, 3.63) is 42.0 Å². The summed E-state index contributed by atoms with van der Waals surface area (Å²) in [6, 6.07) is 6.25. The molecule has 1 aliphatic rings. The van der Waals surface area contributed by atoms with Crippen LogP contribution in [0.1, 0.15) is 18.5 Å². The van der Waals surface area contributed by atoms with Gasteiger partial charge >= 0.3 is 0 Å². The molecule has 1 aliphatic heterocycles. The number of carbonyl (C=O) groups excluding carboxylic acids is 1. The van der Waals surface area contributed by atoms with Gasteiger partial charge in [0.2, 0.25) is 11.8 Å². The van der Waals surface area contributed by atoms with Crippen LogP contribution in [0.25, 0.3) is 11.5 Å². The summed E-state index contributed by atoms with van der Waals surface area (Å²) in [4.78, 5) is 16.2. The number of hydrogen-bond donors (Lipinski definition) is 2. The Kier molecular flexibility index (Phi) is 4.48. The van der Waals surface area contributed by atoms with E-state index in [1.54, 1.807) is 12.1 Å². The monoisotopic (exact) mass is 303 g/mol. The number of nitrogens with zero attached hydrogens (tertiary/aromatic N) is 1. The molecule has 22 heavy (non-hydrogen) atoms. The summed E-state index contributed by atoms with van der Waals surface area (Å²) in [5.41, 5.74) is 1.25. The van der Waals surface area contributed by atoms with Crippen LogP contribution in [-0.4, -0.2) is 30.0 Å². The zero-order valence-corrected chi connectivity index (χ0v) is 12.1. The lowest BCUT2D eigenvalue weighted by molar-refractivity contribution is -0.120. The highest BCUT2D eigenvalue weighted by atomic mass is 19.1. The fourth-order valence-electron chi connectivity index (χ4n) is 2.51. The van der Waals surface area contributed by atoms with Crippen LogP contribution in [-0.2, 0) is 11.2 Å². The molecule has 1 aromatic carbocycles. The zero-order valence-electron chi connectivity index (χ0n) is 12.1. The molecule has 1 saturated heterocycles. The molecule has 0 spiro atoms. The van der Waals surface area contributed by atoms with E-state index < -0.39 is 0 Å². The molecule has 3 rings (SSSR count). The minimum absolute atomic E-state index is 0.0762. The van der Waals surface area contributed by atoms with Crippen molar-refractivity contribution in [3.8, 4) is 11.5 Å². The Morgan fingerprint density at radius 2 is 2.23 bits per heavy atom. The summed E-state index contributed by atoms with van der Waals surface area (Å²) in [5, 5.41) is 6.22. The molecular formula is C16H18FN3O2. The summed E-state index contributed by atoms with van der Waals surface area (Å²) < 4.78 is 18.2. The number of hydrogen-bond acceptors (Lipinski definition) is 4. The van der Waals surface area contributed by atoms with Gasteiger partial charge in [-0.05, 0) is 43.7 Å². The summed E-state index contributed by atoms with van der Waals surface area (Å²) in [7, 11) is 0. The maximum Gasteiger partial charge on any atom is 0.226 e. The van der Waals surface area contributed by atoms with Crippen LogP contribution >= 0.6 is 0 Å². The third-order valence-corrected chi connectivity index (χ3v) is 3.69. The first-order valence-electron chi connectivity index (χ1n) is 7.41. The molecule has 116 valence electrons. The number of aromatic nitrogens is 1. The normalized spacial score (nSPS) is 17.6. The number of halogens is 1. The number of rotatable bonds is 5. The Morgan fingerprint density at radius 1 is 1.41 bits per heavy atom. The van der Waals surface area contributed by atoms with Crippen molar-refractivity contribution in [1.82, 2.24) is 15.6 Å². The number of carbonyl (C=O) groups is 1. The highest BCUT2D eigenvalue weighted by Crippen LogP contribution is 2.19. The van der Waals surface area contributed by atoms with Gasteiger partial charge in [0.25, 0.3) is 0 Å². The highest BCUT2D eigenvalue weighted by Gasteiger charge is 2.15. The highest BCUT2D eigenvalue weighted by molar-refractivity contribution is 5.78. The van der Waals surface area contributed by atoms with Crippen molar-refractivity contribution in [2.24, 2.45) is 0 Å². The summed E-state index contributed by atoms with van der Waals surface area (Å²) in [5.74, 6) is 0.00310. The smallest absolute Gasteiger partial charge is 0.226 e. The number of nitrogens with one attached hydrogen (secondary N) is 2. The first-order chi connectivity index (χ1) is 10.7. The van der Waals surface area contributed by atoms with E-state index in [0.29, 0.717) is 29.7 Å². The molecule has 0 bridgehead atoms. The fourth-order valence-corrected chi connectivity index (χ4v) is 2.51. The average molecular weight is 303 g/mol. The van der Waals surface area contributed by atoms with E-state index in [4.69, 9.17) is 4.42 Å². The maximum atomic E-state index is 12.9. The van der Waals surface area contributed by atoms with E-state index in [0.717, 1.165) is 19.4 Å². The van der Waals surface area contributed by atoms with Gasteiger partial charge in [0.15, 0.2) is 0 Å².